The highest BCUT2D eigenvalue weighted by Gasteiger charge is 2.28. The summed E-state index contributed by atoms with van der Waals surface area (Å²) in [4.78, 5) is 16.0. The van der Waals surface area contributed by atoms with E-state index >= 15 is 0 Å². The van der Waals surface area contributed by atoms with Gasteiger partial charge in [-0.2, -0.15) is 0 Å². The van der Waals surface area contributed by atoms with Crippen molar-refractivity contribution in [1.82, 2.24) is 9.80 Å². The lowest BCUT2D eigenvalue weighted by atomic mass is 10.00. The monoisotopic (exact) mass is 459 g/mol. The summed E-state index contributed by atoms with van der Waals surface area (Å²) in [6.07, 6.45) is 8.40. The molecule has 0 aromatic heterocycles. The smallest absolute Gasteiger partial charge is 0.221 e. The van der Waals surface area contributed by atoms with E-state index in [1.165, 1.54) is 44.5 Å². The Morgan fingerprint density at radius 1 is 0.939 bits per heavy atom. The molecule has 0 saturated carbocycles. The number of hydrogen-bond donors (Lipinski definition) is 1. The van der Waals surface area contributed by atoms with Crippen LogP contribution in [-0.4, -0.2) is 81.4 Å². The van der Waals surface area contributed by atoms with Gasteiger partial charge in [-0.05, 0) is 94.7 Å². The first-order chi connectivity index (χ1) is 16.2. The topological polar surface area (TPSA) is 77.3 Å². The lowest BCUT2D eigenvalue weighted by Gasteiger charge is -2.26. The van der Waals surface area contributed by atoms with E-state index in [9.17, 15) is 4.79 Å². The number of hydrogen-bond acceptors (Lipinski definition) is 6. The van der Waals surface area contributed by atoms with Crippen molar-refractivity contribution in [2.75, 3.05) is 65.7 Å². The van der Waals surface area contributed by atoms with Gasteiger partial charge in [0.1, 0.15) is 13.2 Å². The molecule has 1 amide bonds. The second-order valence-electron chi connectivity index (χ2n) is 9.83. The molecule has 3 saturated heterocycles. The number of amides is 1. The second-order valence-corrected chi connectivity index (χ2v) is 9.83. The first-order valence-corrected chi connectivity index (χ1v) is 12.9. The fourth-order valence-electron chi connectivity index (χ4n) is 5.28. The van der Waals surface area contributed by atoms with Crippen molar-refractivity contribution in [2.45, 2.75) is 44.9 Å². The lowest BCUT2D eigenvalue weighted by Crippen LogP contribution is -2.32. The van der Waals surface area contributed by atoms with E-state index in [1.807, 2.05) is 6.07 Å². The van der Waals surface area contributed by atoms with Gasteiger partial charge in [0.2, 0.25) is 5.91 Å². The molecule has 5 rings (SSSR count). The van der Waals surface area contributed by atoms with Gasteiger partial charge in [0.25, 0.3) is 0 Å². The maximum absolute atomic E-state index is 11.0. The van der Waals surface area contributed by atoms with Gasteiger partial charge in [0.15, 0.2) is 11.5 Å². The molecule has 1 aromatic rings. The number of primary amides is 1. The van der Waals surface area contributed by atoms with Crippen LogP contribution in [0.4, 0.5) is 0 Å². The first-order valence-electron chi connectivity index (χ1n) is 12.9. The number of carbonyl (C=O) groups is 1. The average Bonchev–Trinajstić information content (AvgIpc) is 3.53. The molecule has 4 aliphatic heterocycles. The van der Waals surface area contributed by atoms with Crippen molar-refractivity contribution in [1.29, 1.82) is 0 Å². The zero-order chi connectivity index (χ0) is 22.9. The van der Waals surface area contributed by atoms with Gasteiger partial charge in [-0.1, -0.05) is 6.07 Å². The third kappa shape index (κ3) is 7.59. The van der Waals surface area contributed by atoms with E-state index < -0.39 is 0 Å². The van der Waals surface area contributed by atoms with E-state index in [1.54, 1.807) is 0 Å². The molecule has 0 radical (unpaired) electrons. The van der Waals surface area contributed by atoms with Crippen LogP contribution >= 0.6 is 0 Å². The molecule has 4 aliphatic rings. The minimum absolute atomic E-state index is 0.0878. The predicted molar refractivity (Wildman–Crippen MR) is 129 cm³/mol. The number of likely N-dealkylation sites (tertiary alicyclic amines) is 2. The van der Waals surface area contributed by atoms with Crippen LogP contribution in [-0.2, 0) is 16.0 Å². The number of benzene rings is 1. The Morgan fingerprint density at radius 3 is 2.42 bits per heavy atom. The van der Waals surface area contributed by atoms with E-state index in [-0.39, 0.29) is 11.8 Å². The highest BCUT2D eigenvalue weighted by molar-refractivity contribution is 5.77. The molecular weight excluding hydrogens is 418 g/mol. The Labute approximate surface area is 198 Å². The van der Waals surface area contributed by atoms with Crippen molar-refractivity contribution < 1.29 is 19.0 Å². The summed E-state index contributed by atoms with van der Waals surface area (Å²) in [6, 6.07) is 6.34. The van der Waals surface area contributed by atoms with Crippen LogP contribution in [0.1, 0.15) is 44.1 Å². The van der Waals surface area contributed by atoms with Gasteiger partial charge < -0.3 is 29.7 Å². The van der Waals surface area contributed by atoms with Crippen molar-refractivity contribution in [2.24, 2.45) is 17.6 Å². The molecule has 0 aliphatic carbocycles. The van der Waals surface area contributed by atoms with Crippen LogP contribution < -0.4 is 15.2 Å². The molecule has 2 N–H and O–H groups in total. The molecular formula is C26H41N3O4. The number of nitrogens with two attached hydrogens (primary N) is 1. The van der Waals surface area contributed by atoms with E-state index in [0.717, 1.165) is 75.9 Å². The summed E-state index contributed by atoms with van der Waals surface area (Å²) in [6.45, 7) is 9.97. The van der Waals surface area contributed by atoms with Crippen molar-refractivity contribution in [3.63, 3.8) is 0 Å². The molecule has 184 valence electrons. The Hall–Kier alpha value is -1.83. The number of carbonyl (C=O) groups excluding carboxylic acids is 1. The van der Waals surface area contributed by atoms with Crippen molar-refractivity contribution >= 4 is 5.91 Å². The third-order valence-corrected chi connectivity index (χ3v) is 7.28. The molecule has 0 spiro atoms. The van der Waals surface area contributed by atoms with Crippen LogP contribution in [0.3, 0.4) is 0 Å². The normalized spacial score (nSPS) is 23.8. The fourth-order valence-corrected chi connectivity index (χ4v) is 5.28. The number of rotatable bonds is 7. The van der Waals surface area contributed by atoms with Crippen LogP contribution in [0.2, 0.25) is 0 Å². The Kier molecular flexibility index (Phi) is 9.26. The zero-order valence-electron chi connectivity index (χ0n) is 20.0. The molecule has 4 heterocycles. The van der Waals surface area contributed by atoms with E-state index in [4.69, 9.17) is 19.9 Å². The maximum Gasteiger partial charge on any atom is 0.221 e. The van der Waals surface area contributed by atoms with Gasteiger partial charge in [0, 0.05) is 26.3 Å². The number of nitrogens with zero attached hydrogens (tertiary/aromatic N) is 2. The number of fused-ring (bicyclic) bond motifs is 1. The fraction of sp³-hybridized carbons (Fsp3) is 0.731. The summed E-state index contributed by atoms with van der Waals surface area (Å²) < 4.78 is 16.5. The van der Waals surface area contributed by atoms with Crippen LogP contribution in [0, 0.1) is 11.8 Å². The minimum atomic E-state index is -0.135. The van der Waals surface area contributed by atoms with Gasteiger partial charge in [0.05, 0.1) is 5.92 Å². The quantitative estimate of drug-likeness (QED) is 0.676. The van der Waals surface area contributed by atoms with Crippen molar-refractivity contribution in [3.05, 3.63) is 23.8 Å². The van der Waals surface area contributed by atoms with Gasteiger partial charge in [-0.25, -0.2) is 0 Å². The Bertz CT molecular complexity index is 747. The van der Waals surface area contributed by atoms with Crippen LogP contribution in [0.25, 0.3) is 0 Å². The Balaban J connectivity index is 0.000000160. The largest absolute Gasteiger partial charge is 0.486 e. The SMILES string of the molecule is NC(=O)[C@@H]1CCN(CC2CCOCC2)C1.c1cc2c(cc1CCCN1CCCC1)OCCO2. The van der Waals surface area contributed by atoms with Gasteiger partial charge >= 0.3 is 0 Å². The molecule has 1 atom stereocenters. The molecule has 1 aromatic carbocycles. The van der Waals surface area contributed by atoms with Crippen LogP contribution in [0.5, 0.6) is 11.5 Å². The first kappa shape index (κ1) is 24.3. The third-order valence-electron chi connectivity index (χ3n) is 7.28. The molecule has 7 nitrogen and oxygen atoms in total. The second kappa shape index (κ2) is 12.6. The summed E-state index contributed by atoms with van der Waals surface area (Å²) in [5, 5.41) is 0. The van der Waals surface area contributed by atoms with Gasteiger partial charge in [-0.15, -0.1) is 0 Å². The lowest BCUT2D eigenvalue weighted by molar-refractivity contribution is -0.121. The molecule has 3 fully saturated rings. The summed E-state index contributed by atoms with van der Waals surface area (Å²) in [7, 11) is 0. The molecule has 33 heavy (non-hydrogen) atoms. The van der Waals surface area contributed by atoms with E-state index in [0.29, 0.717) is 13.2 Å². The molecule has 0 unspecified atom stereocenters. The van der Waals surface area contributed by atoms with Crippen molar-refractivity contribution in [3.8, 4) is 11.5 Å². The summed E-state index contributed by atoms with van der Waals surface area (Å²) in [5.41, 5.74) is 6.67. The predicted octanol–water partition coefficient (Wildman–Crippen LogP) is 2.71. The maximum atomic E-state index is 11.0. The van der Waals surface area contributed by atoms with E-state index in [2.05, 4.69) is 21.9 Å². The number of ether oxygens (including phenoxy) is 3. The summed E-state index contributed by atoms with van der Waals surface area (Å²) >= 11 is 0. The minimum Gasteiger partial charge on any atom is -0.486 e. The zero-order valence-corrected chi connectivity index (χ0v) is 20.0. The highest BCUT2D eigenvalue weighted by Crippen LogP contribution is 2.31. The standard InChI is InChI=1S/C15H21NO2.C11H20N2O2/c1-2-8-16(7-1)9-3-4-13-5-6-14-15(12-13)18-11-10-17-14;12-11(14)10-1-4-13(8-10)7-9-2-5-15-6-3-9/h5-6,12H,1-4,7-11H2;9-10H,1-8H2,(H2,12,14)/t;10-/m.1/s1. The average molecular weight is 460 g/mol. The molecule has 7 heteroatoms. The summed E-state index contributed by atoms with van der Waals surface area (Å²) in [5.74, 6) is 2.52. The molecule has 0 bridgehead atoms. The highest BCUT2D eigenvalue weighted by atomic mass is 16.6. The van der Waals surface area contributed by atoms with Gasteiger partial charge in [-0.3, -0.25) is 4.79 Å². The Morgan fingerprint density at radius 2 is 1.70 bits per heavy atom. The number of aryl methyl sites for hydroxylation is 1. The van der Waals surface area contributed by atoms with Crippen LogP contribution in [0.15, 0.2) is 18.2 Å².